The van der Waals surface area contributed by atoms with Crippen LogP contribution in [0.4, 0.5) is 13.2 Å². The maximum absolute atomic E-state index is 13.1. The number of fused-ring (bicyclic) bond motifs is 6. The lowest BCUT2D eigenvalue weighted by molar-refractivity contribution is -0.274. The van der Waals surface area contributed by atoms with Crippen molar-refractivity contribution in [2.24, 2.45) is 0 Å². The van der Waals surface area contributed by atoms with E-state index in [1.54, 1.807) is 7.11 Å². The molecule has 0 amide bonds. The number of aromatic nitrogens is 1. The third-order valence-corrected chi connectivity index (χ3v) is 6.10. The molecule has 6 nitrogen and oxygen atoms in total. The molecule has 3 unspecified atom stereocenters. The number of H-pyrrole nitrogens is 1. The van der Waals surface area contributed by atoms with Crippen LogP contribution in [0.5, 0.6) is 11.5 Å². The number of rotatable bonds is 5. The van der Waals surface area contributed by atoms with Crippen LogP contribution in [0.1, 0.15) is 35.2 Å². The van der Waals surface area contributed by atoms with Crippen molar-refractivity contribution in [3.05, 3.63) is 59.3 Å². The molecule has 2 aliphatic rings. The predicted octanol–water partition coefficient (Wildman–Crippen LogP) is 5.08. The maximum atomic E-state index is 13.1. The van der Waals surface area contributed by atoms with Crippen LogP contribution in [0.3, 0.4) is 0 Å². The largest absolute Gasteiger partial charge is 0.573 e. The van der Waals surface area contributed by atoms with Gasteiger partial charge in [-0.1, -0.05) is 12.1 Å². The zero-order valence-electron chi connectivity index (χ0n) is 17.6. The minimum absolute atomic E-state index is 0. The van der Waals surface area contributed by atoms with Crippen molar-refractivity contribution < 1.29 is 32.2 Å². The van der Waals surface area contributed by atoms with Crippen molar-refractivity contribution in [1.29, 1.82) is 0 Å². The second kappa shape index (κ2) is 8.79. The maximum Gasteiger partial charge on any atom is 0.573 e. The van der Waals surface area contributed by atoms with Gasteiger partial charge in [0.2, 0.25) is 0 Å². The molecule has 2 aromatic carbocycles. The molecule has 2 bridgehead atoms. The van der Waals surface area contributed by atoms with Crippen molar-refractivity contribution >= 4 is 29.3 Å². The molecule has 0 aliphatic carbocycles. The second-order valence-corrected chi connectivity index (χ2v) is 8.05. The van der Waals surface area contributed by atoms with E-state index in [2.05, 4.69) is 14.6 Å². The number of aromatic amines is 1. The van der Waals surface area contributed by atoms with Crippen LogP contribution in [0.25, 0.3) is 10.9 Å². The van der Waals surface area contributed by atoms with Crippen molar-refractivity contribution in [3.63, 3.8) is 0 Å². The van der Waals surface area contributed by atoms with Crippen LogP contribution in [0, 0.1) is 0 Å². The molecule has 10 heteroatoms. The highest BCUT2D eigenvalue weighted by Gasteiger charge is 2.44. The molecule has 1 saturated heterocycles. The van der Waals surface area contributed by atoms with Crippen molar-refractivity contribution in [1.82, 2.24) is 9.88 Å². The van der Waals surface area contributed by atoms with Crippen molar-refractivity contribution in [2.45, 2.75) is 31.3 Å². The van der Waals surface area contributed by atoms with E-state index in [1.807, 2.05) is 18.2 Å². The van der Waals surface area contributed by atoms with Gasteiger partial charge in [-0.25, -0.2) is 4.79 Å². The molecule has 2 aliphatic heterocycles. The number of carbonyl (C=O) groups excluding carboxylic acids is 1. The van der Waals surface area contributed by atoms with Gasteiger partial charge in [0.1, 0.15) is 24.1 Å². The van der Waals surface area contributed by atoms with E-state index in [0.29, 0.717) is 11.5 Å². The Bertz CT molecular complexity index is 1160. The number of esters is 1. The number of nitrogens with zero attached hydrogens (tertiary/aromatic N) is 1. The molecule has 176 valence electrons. The number of benzene rings is 2. The quantitative estimate of drug-likeness (QED) is 0.514. The predicted molar refractivity (Wildman–Crippen MR) is 117 cm³/mol. The van der Waals surface area contributed by atoms with Gasteiger partial charge in [-0.15, -0.1) is 25.6 Å². The molecule has 0 radical (unpaired) electrons. The summed E-state index contributed by atoms with van der Waals surface area (Å²) in [6.07, 6.45) is -3.79. The number of hydrogen-bond acceptors (Lipinski definition) is 5. The highest BCUT2D eigenvalue weighted by atomic mass is 35.5. The highest BCUT2D eigenvalue weighted by Crippen LogP contribution is 2.46. The number of methoxy groups -OCH3 is 1. The fraction of sp³-hybridized carbons (Fsp3) is 0.348. The van der Waals surface area contributed by atoms with E-state index in [4.69, 9.17) is 9.47 Å². The van der Waals surface area contributed by atoms with E-state index in [1.165, 1.54) is 24.3 Å². The SMILES string of the molecule is COc1ccc2[nH]c3c(c2c1)C1CCN(C1)C3C(=O)OCc1ccc(OC(F)(F)F)cc1.Cl. The Labute approximate surface area is 194 Å². The molecule has 3 atom stereocenters. The third-order valence-electron chi connectivity index (χ3n) is 6.10. The third kappa shape index (κ3) is 4.47. The molecule has 0 saturated carbocycles. The zero-order valence-corrected chi connectivity index (χ0v) is 18.5. The van der Waals surface area contributed by atoms with Gasteiger partial charge in [-0.05, 0) is 54.4 Å². The number of halogens is 4. The average Bonchev–Trinajstić information content (AvgIpc) is 3.34. The van der Waals surface area contributed by atoms with Gasteiger partial charge in [0.05, 0.1) is 7.11 Å². The van der Waals surface area contributed by atoms with Crippen LogP contribution in [-0.4, -0.2) is 42.4 Å². The van der Waals surface area contributed by atoms with Crippen LogP contribution < -0.4 is 9.47 Å². The summed E-state index contributed by atoms with van der Waals surface area (Å²) in [6.45, 7) is 1.53. The van der Waals surface area contributed by atoms with Gasteiger partial charge < -0.3 is 19.2 Å². The number of hydrogen-bond donors (Lipinski definition) is 1. The van der Waals surface area contributed by atoms with E-state index < -0.39 is 12.4 Å². The van der Waals surface area contributed by atoms with Crippen molar-refractivity contribution in [2.75, 3.05) is 20.2 Å². The summed E-state index contributed by atoms with van der Waals surface area (Å²) in [5.41, 5.74) is 3.51. The van der Waals surface area contributed by atoms with Crippen LogP contribution in [-0.2, 0) is 16.1 Å². The Morgan fingerprint density at radius 3 is 2.58 bits per heavy atom. The number of carbonyl (C=O) groups is 1. The van der Waals surface area contributed by atoms with Crippen LogP contribution >= 0.6 is 12.4 Å². The van der Waals surface area contributed by atoms with E-state index in [-0.39, 0.29) is 30.7 Å². The summed E-state index contributed by atoms with van der Waals surface area (Å²) in [7, 11) is 1.62. The van der Waals surface area contributed by atoms with Crippen molar-refractivity contribution in [3.8, 4) is 11.5 Å². The first-order valence-corrected chi connectivity index (χ1v) is 10.3. The molecule has 5 rings (SSSR count). The lowest BCUT2D eigenvalue weighted by Crippen LogP contribution is -2.37. The molecule has 1 fully saturated rings. The Morgan fingerprint density at radius 2 is 1.88 bits per heavy atom. The molecular weight excluding hydrogens is 461 g/mol. The summed E-state index contributed by atoms with van der Waals surface area (Å²) in [5, 5.41) is 1.06. The van der Waals surface area contributed by atoms with Gasteiger partial charge in [0, 0.05) is 29.1 Å². The Morgan fingerprint density at radius 1 is 1.15 bits per heavy atom. The summed E-state index contributed by atoms with van der Waals surface area (Å²) >= 11 is 0. The van der Waals surface area contributed by atoms with Gasteiger partial charge in [0.25, 0.3) is 0 Å². The number of nitrogens with one attached hydrogen (secondary N) is 1. The fourth-order valence-corrected chi connectivity index (χ4v) is 4.72. The van der Waals surface area contributed by atoms with E-state index in [0.717, 1.165) is 47.4 Å². The normalized spacial score (nSPS) is 21.3. The first kappa shape index (κ1) is 23.3. The van der Waals surface area contributed by atoms with Crippen LogP contribution in [0.15, 0.2) is 42.5 Å². The summed E-state index contributed by atoms with van der Waals surface area (Å²) in [5.74, 6) is 0.398. The zero-order chi connectivity index (χ0) is 22.5. The number of ether oxygens (including phenoxy) is 3. The van der Waals surface area contributed by atoms with Gasteiger partial charge in [0.15, 0.2) is 0 Å². The monoisotopic (exact) mass is 482 g/mol. The number of alkyl halides is 3. The molecule has 0 spiro atoms. The lowest BCUT2D eigenvalue weighted by atomic mass is 9.90. The van der Waals surface area contributed by atoms with Gasteiger partial charge >= 0.3 is 12.3 Å². The molecule has 3 aromatic rings. The fourth-order valence-electron chi connectivity index (χ4n) is 4.72. The highest BCUT2D eigenvalue weighted by molar-refractivity contribution is 5.90. The summed E-state index contributed by atoms with van der Waals surface area (Å²) < 4.78 is 51.7. The Kier molecular flexibility index (Phi) is 6.20. The van der Waals surface area contributed by atoms with Crippen LogP contribution in [0.2, 0.25) is 0 Å². The first-order valence-electron chi connectivity index (χ1n) is 10.3. The standard InChI is InChI=1S/C23H21F3N2O4.ClH/c1-30-16-6-7-18-17(10-16)19-14-8-9-28(11-14)21(20(19)27-18)22(29)31-12-13-2-4-15(5-3-13)32-23(24,25)26;/h2-7,10,14,21,27H,8-9,11-12H2,1H3;1H. The first-order chi connectivity index (χ1) is 15.3. The Balaban J connectivity index is 0.00000259. The second-order valence-electron chi connectivity index (χ2n) is 8.05. The lowest BCUT2D eigenvalue weighted by Gasteiger charge is -2.30. The smallest absolute Gasteiger partial charge is 0.497 e. The molecular formula is C23H22ClF3N2O4. The average molecular weight is 483 g/mol. The summed E-state index contributed by atoms with van der Waals surface area (Å²) in [4.78, 5) is 18.6. The topological polar surface area (TPSA) is 63.8 Å². The van der Waals surface area contributed by atoms with E-state index >= 15 is 0 Å². The van der Waals surface area contributed by atoms with Gasteiger partial charge in [-0.2, -0.15) is 0 Å². The molecule has 1 aromatic heterocycles. The molecule has 33 heavy (non-hydrogen) atoms. The van der Waals surface area contributed by atoms with E-state index in [9.17, 15) is 18.0 Å². The molecule has 1 N–H and O–H groups in total. The minimum Gasteiger partial charge on any atom is -0.497 e. The van der Waals surface area contributed by atoms with Gasteiger partial charge in [-0.3, -0.25) is 4.90 Å². The minimum atomic E-state index is -4.75. The Hall–Kier alpha value is -2.91. The molecule has 3 heterocycles. The summed E-state index contributed by atoms with van der Waals surface area (Å²) in [6, 6.07) is 10.6.